The Labute approximate surface area is 249 Å². The predicted molar refractivity (Wildman–Crippen MR) is 157 cm³/mol. The van der Waals surface area contributed by atoms with Crippen molar-refractivity contribution in [2.75, 3.05) is 30.3 Å². The highest BCUT2D eigenvalue weighted by Gasteiger charge is 2.42. The number of carbonyl (C=O) groups excluding carboxylic acids is 1. The number of alkyl halides is 3. The summed E-state index contributed by atoms with van der Waals surface area (Å²) in [6.45, 7) is 2.83. The van der Waals surface area contributed by atoms with Crippen molar-refractivity contribution < 1.29 is 26.9 Å². The molecule has 0 atom stereocenters. The minimum atomic E-state index is -4.81. The Hall–Kier alpha value is -4.71. The number of likely N-dealkylation sites (tertiary alicyclic amines) is 1. The number of fused-ring (bicyclic) bond motifs is 2. The average Bonchev–Trinajstić information content (AvgIpc) is 3.72. The molecule has 4 heterocycles. The molecule has 1 saturated heterocycles. The van der Waals surface area contributed by atoms with Gasteiger partial charge in [0.1, 0.15) is 11.5 Å². The van der Waals surface area contributed by atoms with E-state index in [9.17, 15) is 18.0 Å². The number of nitrogen functional groups attached to an aromatic ring is 1. The van der Waals surface area contributed by atoms with Gasteiger partial charge in [0.15, 0.2) is 17.1 Å². The summed E-state index contributed by atoms with van der Waals surface area (Å²) < 4.78 is 64.5. The van der Waals surface area contributed by atoms with Crippen LogP contribution in [0.15, 0.2) is 65.2 Å². The molecule has 226 valence electrons. The largest absolute Gasteiger partial charge is 0.435 e. The smallest absolute Gasteiger partial charge is 0.380 e. The normalized spacial score (nSPS) is 16.1. The van der Waals surface area contributed by atoms with E-state index in [0.717, 1.165) is 48.3 Å². The van der Waals surface area contributed by atoms with E-state index < -0.39 is 23.6 Å². The van der Waals surface area contributed by atoms with Crippen LogP contribution in [-0.2, 0) is 19.1 Å². The number of nitrogens with zero attached hydrogens (tertiary/aromatic N) is 5. The Morgan fingerprint density at radius 1 is 0.955 bits per heavy atom. The summed E-state index contributed by atoms with van der Waals surface area (Å²) in [7, 11) is 0. The summed E-state index contributed by atoms with van der Waals surface area (Å²) in [4.78, 5) is 17.6. The Morgan fingerprint density at radius 3 is 2.52 bits per heavy atom. The van der Waals surface area contributed by atoms with Gasteiger partial charge in [-0.25, -0.2) is 9.07 Å². The molecule has 1 amide bonds. The number of amides is 1. The van der Waals surface area contributed by atoms with E-state index in [-0.39, 0.29) is 47.8 Å². The van der Waals surface area contributed by atoms with E-state index >= 15 is 4.39 Å². The fourth-order valence-corrected chi connectivity index (χ4v) is 6.29. The van der Waals surface area contributed by atoms with Crippen LogP contribution in [-0.4, -0.2) is 45.4 Å². The maximum atomic E-state index is 15.9. The maximum Gasteiger partial charge on any atom is 0.435 e. The van der Waals surface area contributed by atoms with Crippen LogP contribution in [0.25, 0.3) is 27.8 Å². The van der Waals surface area contributed by atoms with Crippen LogP contribution in [0.4, 0.5) is 29.1 Å². The summed E-state index contributed by atoms with van der Waals surface area (Å²) in [6.07, 6.45) is -2.37. The third kappa shape index (κ3) is 4.88. The number of rotatable bonds is 5. The van der Waals surface area contributed by atoms with Crippen molar-refractivity contribution in [3.63, 3.8) is 0 Å². The van der Waals surface area contributed by atoms with Gasteiger partial charge in [0.05, 0.1) is 16.8 Å². The van der Waals surface area contributed by atoms with Gasteiger partial charge < -0.3 is 15.2 Å². The molecule has 2 aliphatic rings. The second-order valence-electron chi connectivity index (χ2n) is 11.2. The van der Waals surface area contributed by atoms with Crippen LogP contribution < -0.4 is 10.6 Å². The van der Waals surface area contributed by atoms with Gasteiger partial charge in [0.25, 0.3) is 5.91 Å². The first-order valence-corrected chi connectivity index (χ1v) is 14.5. The summed E-state index contributed by atoms with van der Waals surface area (Å²) in [5.74, 6) is -1.37. The van der Waals surface area contributed by atoms with Gasteiger partial charge in [-0.15, -0.1) is 0 Å². The molecule has 3 aromatic carbocycles. The average molecular weight is 605 g/mol. The summed E-state index contributed by atoms with van der Waals surface area (Å²) >= 11 is 0. The molecule has 2 N–H and O–H groups in total. The highest BCUT2D eigenvalue weighted by atomic mass is 19.4. The first-order chi connectivity index (χ1) is 21.2. The van der Waals surface area contributed by atoms with Crippen LogP contribution in [0.5, 0.6) is 0 Å². The van der Waals surface area contributed by atoms with E-state index in [2.05, 4.69) is 15.2 Å². The second kappa shape index (κ2) is 10.8. The Balaban J connectivity index is 1.28. The van der Waals surface area contributed by atoms with Crippen molar-refractivity contribution in [1.82, 2.24) is 19.8 Å². The van der Waals surface area contributed by atoms with Crippen LogP contribution in [0.3, 0.4) is 0 Å². The van der Waals surface area contributed by atoms with Crippen LogP contribution in [0.2, 0.25) is 0 Å². The topological polar surface area (TPSA) is 93.4 Å². The van der Waals surface area contributed by atoms with Crippen molar-refractivity contribution >= 4 is 28.4 Å². The van der Waals surface area contributed by atoms with Crippen molar-refractivity contribution in [2.45, 2.75) is 38.4 Å². The summed E-state index contributed by atoms with van der Waals surface area (Å²) in [5, 5.41) is 7.91. The lowest BCUT2D eigenvalue weighted by Gasteiger charge is -2.23. The molecule has 0 radical (unpaired) electrons. The van der Waals surface area contributed by atoms with E-state index in [4.69, 9.17) is 10.3 Å². The molecule has 0 saturated carbocycles. The number of aromatic nitrogens is 3. The molecular weight excluding hydrogens is 576 g/mol. The molecule has 2 aliphatic heterocycles. The lowest BCUT2D eigenvalue weighted by molar-refractivity contribution is -0.141. The van der Waals surface area contributed by atoms with Crippen molar-refractivity contribution in [3.8, 4) is 16.8 Å². The van der Waals surface area contributed by atoms with Gasteiger partial charge in [0, 0.05) is 18.7 Å². The lowest BCUT2D eigenvalue weighted by Crippen LogP contribution is -2.33. The first-order valence-electron chi connectivity index (χ1n) is 14.5. The van der Waals surface area contributed by atoms with Gasteiger partial charge in [0.2, 0.25) is 0 Å². The molecule has 1 fully saturated rings. The molecule has 0 unspecified atom stereocenters. The quantitative estimate of drug-likeness (QED) is 0.227. The number of nitrogens with two attached hydrogens (primary N) is 1. The second-order valence-corrected chi connectivity index (χ2v) is 11.2. The predicted octanol–water partition coefficient (Wildman–Crippen LogP) is 6.61. The zero-order valence-electron chi connectivity index (χ0n) is 23.6. The molecule has 44 heavy (non-hydrogen) atoms. The molecule has 0 bridgehead atoms. The molecule has 5 aromatic rings. The number of anilines is 2. The minimum Gasteiger partial charge on any atom is -0.380 e. The monoisotopic (exact) mass is 604 g/mol. The number of benzene rings is 3. The molecule has 8 nitrogen and oxygen atoms in total. The highest BCUT2D eigenvalue weighted by molar-refractivity contribution is 6.07. The number of hydrogen-bond acceptors (Lipinski definition) is 6. The minimum absolute atomic E-state index is 0.0105. The van der Waals surface area contributed by atoms with Crippen molar-refractivity contribution in [3.05, 3.63) is 89.0 Å². The standard InChI is InChI=1S/C32H28F4N6O2/c33-25-16-19(22-7-2-1-6-20(22)18-40-13-3-4-14-40)9-11-26(25)41-15-5-8-23-28(31(41)43)42(38-29(23)32(34,35)36)21-10-12-27-24(17-21)30(37)39-44-27/h1-2,6-7,9-12,16-17H,3-5,8,13-15,18H2,(H2,37,39). The highest BCUT2D eigenvalue weighted by Crippen LogP contribution is 2.38. The van der Waals surface area contributed by atoms with E-state index in [0.29, 0.717) is 16.5 Å². The van der Waals surface area contributed by atoms with Gasteiger partial charge in [-0.2, -0.15) is 18.3 Å². The van der Waals surface area contributed by atoms with E-state index in [1.165, 1.54) is 35.2 Å². The van der Waals surface area contributed by atoms with E-state index in [1.54, 1.807) is 6.07 Å². The molecule has 0 spiro atoms. The number of carbonyl (C=O) groups is 1. The van der Waals surface area contributed by atoms with Gasteiger partial charge >= 0.3 is 6.18 Å². The SMILES string of the molecule is Nc1noc2ccc(-n3nc(C(F)(F)F)c4c3C(=O)N(c3ccc(-c5ccccc5CN5CCCC5)cc3F)CCC4)cc12. The van der Waals surface area contributed by atoms with Crippen LogP contribution >= 0.6 is 0 Å². The van der Waals surface area contributed by atoms with Gasteiger partial charge in [-0.3, -0.25) is 9.69 Å². The fourth-order valence-electron chi connectivity index (χ4n) is 6.29. The van der Waals surface area contributed by atoms with Gasteiger partial charge in [-0.1, -0.05) is 35.5 Å². The Kier molecular flexibility index (Phi) is 6.88. The number of hydrogen-bond donors (Lipinski definition) is 1. The zero-order chi connectivity index (χ0) is 30.6. The lowest BCUT2D eigenvalue weighted by atomic mass is 9.98. The summed E-state index contributed by atoms with van der Waals surface area (Å²) in [5.41, 5.74) is 7.34. The first kappa shape index (κ1) is 28.1. The molecular formula is C32H28F4N6O2. The Morgan fingerprint density at radius 2 is 1.75 bits per heavy atom. The molecule has 12 heteroatoms. The molecule has 2 aromatic heterocycles. The van der Waals surface area contributed by atoms with Crippen molar-refractivity contribution in [1.29, 1.82) is 0 Å². The maximum absolute atomic E-state index is 15.9. The van der Waals surface area contributed by atoms with Gasteiger partial charge in [-0.05, 0) is 85.8 Å². The van der Waals surface area contributed by atoms with Crippen LogP contribution in [0, 0.1) is 5.82 Å². The Bertz CT molecular complexity index is 1890. The molecule has 7 rings (SSSR count). The fraction of sp³-hybridized carbons (Fsp3) is 0.281. The zero-order valence-corrected chi connectivity index (χ0v) is 23.6. The third-order valence-corrected chi connectivity index (χ3v) is 8.39. The summed E-state index contributed by atoms with van der Waals surface area (Å²) in [6, 6.07) is 16.9. The molecule has 0 aliphatic carbocycles. The van der Waals surface area contributed by atoms with Crippen LogP contribution in [0.1, 0.15) is 46.6 Å². The number of halogens is 4. The third-order valence-electron chi connectivity index (χ3n) is 8.39. The van der Waals surface area contributed by atoms with E-state index in [1.807, 2.05) is 24.3 Å². The van der Waals surface area contributed by atoms with Crippen molar-refractivity contribution in [2.24, 2.45) is 0 Å².